The van der Waals surface area contributed by atoms with Crippen molar-refractivity contribution in [2.24, 2.45) is 5.11 Å². The smallest absolute Gasteiger partial charge is 0.229 e. The maximum absolute atomic E-state index is 12.4. The Morgan fingerprint density at radius 2 is 1.37 bits per heavy atom. The molecule has 0 bridgehead atoms. The first-order chi connectivity index (χ1) is 22.5. The van der Waals surface area contributed by atoms with E-state index in [2.05, 4.69) is 30.6 Å². The molecule has 2 N–H and O–H groups in total. The van der Waals surface area contributed by atoms with Gasteiger partial charge in [0, 0.05) is 48.2 Å². The molecule has 3 rings (SSSR count). The maximum Gasteiger partial charge on any atom is 0.229 e. The fraction of sp³-hybridized carbons (Fsp3) is 0.469. The predicted octanol–water partition coefficient (Wildman–Crippen LogP) is 4.54. The highest BCUT2D eigenvalue weighted by Crippen LogP contribution is 2.20. The fourth-order valence-electron chi connectivity index (χ4n) is 4.00. The van der Waals surface area contributed by atoms with Crippen LogP contribution in [0.4, 0.5) is 23.1 Å². The fourth-order valence-corrected chi connectivity index (χ4v) is 4.00. The SMILES string of the molecule is Cc1cc(N(C)CCOCCOCCOCCOCCOCCN=[N+]=[N-])nc(Nc2ccc(NC(=O)Cc3ccccc3)cc2)n1. The predicted molar refractivity (Wildman–Crippen MR) is 177 cm³/mol. The molecule has 0 saturated carbocycles. The van der Waals surface area contributed by atoms with E-state index in [-0.39, 0.29) is 5.91 Å². The van der Waals surface area contributed by atoms with Crippen LogP contribution in [-0.4, -0.2) is 102 Å². The van der Waals surface area contributed by atoms with Crippen LogP contribution in [0.15, 0.2) is 65.8 Å². The molecular formula is C32H44N8O6. The molecule has 3 aromatic rings. The topological polar surface area (TPSA) is 165 Å². The van der Waals surface area contributed by atoms with E-state index in [0.717, 1.165) is 28.5 Å². The van der Waals surface area contributed by atoms with E-state index in [1.54, 1.807) is 0 Å². The van der Waals surface area contributed by atoms with Crippen LogP contribution in [0.5, 0.6) is 0 Å². The van der Waals surface area contributed by atoms with Gasteiger partial charge in [-0.15, -0.1) is 0 Å². The Kier molecular flexibility index (Phi) is 17.5. The molecular weight excluding hydrogens is 592 g/mol. The first-order valence-corrected chi connectivity index (χ1v) is 15.2. The van der Waals surface area contributed by atoms with Gasteiger partial charge in [-0.05, 0) is 42.3 Å². The van der Waals surface area contributed by atoms with Crippen LogP contribution in [0.3, 0.4) is 0 Å². The van der Waals surface area contributed by atoms with Gasteiger partial charge in [0.25, 0.3) is 0 Å². The van der Waals surface area contributed by atoms with Crippen molar-refractivity contribution in [1.29, 1.82) is 0 Å². The molecule has 0 aliphatic rings. The summed E-state index contributed by atoms with van der Waals surface area (Å²) in [5.41, 5.74) is 11.5. The third-order valence-electron chi connectivity index (χ3n) is 6.32. The molecule has 1 heterocycles. The molecule has 1 aromatic heterocycles. The standard InChI is InChI=1S/C32H44N8O6/c1-26-24-30(40(2)13-15-43-17-19-45-21-23-46-22-20-44-18-16-42-14-12-34-39-33)38-32(35-26)37-29-10-8-28(9-11-29)36-31(41)25-27-6-4-3-5-7-27/h3-11,24H,12-23,25H2,1-2H3,(H,36,41)(H,35,37,38). The molecule has 248 valence electrons. The molecule has 14 nitrogen and oxygen atoms in total. The van der Waals surface area contributed by atoms with Gasteiger partial charge in [0.15, 0.2) is 0 Å². The number of hydrogen-bond acceptors (Lipinski definition) is 11. The number of nitrogens with zero attached hydrogens (tertiary/aromatic N) is 6. The van der Waals surface area contributed by atoms with Crippen LogP contribution in [0.25, 0.3) is 10.4 Å². The molecule has 0 fully saturated rings. The molecule has 0 aliphatic carbocycles. The molecule has 0 aliphatic heterocycles. The van der Waals surface area contributed by atoms with Crippen molar-refractivity contribution in [1.82, 2.24) is 9.97 Å². The highest BCUT2D eigenvalue weighted by molar-refractivity contribution is 5.92. The summed E-state index contributed by atoms with van der Waals surface area (Å²) in [6.07, 6.45) is 0.322. The van der Waals surface area contributed by atoms with Crippen molar-refractivity contribution < 1.29 is 28.5 Å². The first kappa shape index (κ1) is 36.2. The Labute approximate surface area is 270 Å². The molecule has 0 spiro atoms. The zero-order valence-electron chi connectivity index (χ0n) is 26.6. The number of rotatable bonds is 24. The summed E-state index contributed by atoms with van der Waals surface area (Å²) in [7, 11) is 1.96. The lowest BCUT2D eigenvalue weighted by molar-refractivity contribution is -0.115. The number of benzene rings is 2. The molecule has 0 atom stereocenters. The lowest BCUT2D eigenvalue weighted by Crippen LogP contribution is -2.24. The highest BCUT2D eigenvalue weighted by atomic mass is 16.6. The summed E-state index contributed by atoms with van der Waals surface area (Å²) >= 11 is 0. The van der Waals surface area contributed by atoms with Crippen LogP contribution in [0.2, 0.25) is 0 Å². The Morgan fingerprint density at radius 3 is 1.98 bits per heavy atom. The van der Waals surface area contributed by atoms with Crippen LogP contribution in [-0.2, 0) is 34.9 Å². The molecule has 14 heteroatoms. The molecule has 0 saturated heterocycles. The Morgan fingerprint density at radius 1 is 0.804 bits per heavy atom. The lowest BCUT2D eigenvalue weighted by atomic mass is 10.1. The Bertz CT molecular complexity index is 1330. The van der Waals surface area contributed by atoms with E-state index < -0.39 is 0 Å². The zero-order chi connectivity index (χ0) is 32.7. The molecule has 1 amide bonds. The summed E-state index contributed by atoms with van der Waals surface area (Å²) in [4.78, 5) is 26.2. The van der Waals surface area contributed by atoms with Crippen molar-refractivity contribution in [2.75, 3.05) is 102 Å². The highest BCUT2D eigenvalue weighted by Gasteiger charge is 2.09. The number of anilines is 4. The number of likely N-dealkylation sites (N-methyl/N-ethyl adjacent to an activating group) is 1. The first-order valence-electron chi connectivity index (χ1n) is 15.2. The van der Waals surface area contributed by atoms with Gasteiger partial charge in [0.1, 0.15) is 5.82 Å². The number of hydrogen-bond donors (Lipinski definition) is 2. The van der Waals surface area contributed by atoms with E-state index in [0.29, 0.717) is 91.5 Å². The van der Waals surface area contributed by atoms with Crippen molar-refractivity contribution in [3.63, 3.8) is 0 Å². The number of azide groups is 1. The number of nitrogens with one attached hydrogen (secondary N) is 2. The average molecular weight is 637 g/mol. The van der Waals surface area contributed by atoms with E-state index in [1.165, 1.54) is 0 Å². The van der Waals surface area contributed by atoms with Gasteiger partial charge in [-0.2, -0.15) is 4.98 Å². The van der Waals surface area contributed by atoms with Gasteiger partial charge in [0.2, 0.25) is 11.9 Å². The van der Waals surface area contributed by atoms with Crippen molar-refractivity contribution in [2.45, 2.75) is 13.3 Å². The van der Waals surface area contributed by atoms with Crippen LogP contribution in [0, 0.1) is 6.92 Å². The minimum absolute atomic E-state index is 0.0676. The zero-order valence-corrected chi connectivity index (χ0v) is 26.6. The van der Waals surface area contributed by atoms with Crippen LogP contribution < -0.4 is 15.5 Å². The minimum Gasteiger partial charge on any atom is -0.379 e. The summed E-state index contributed by atoms with van der Waals surface area (Å²) in [5, 5.41) is 9.55. The number of amides is 1. The van der Waals surface area contributed by atoms with E-state index in [9.17, 15) is 4.79 Å². The largest absolute Gasteiger partial charge is 0.379 e. The van der Waals surface area contributed by atoms with Gasteiger partial charge in [0.05, 0.1) is 72.5 Å². The minimum atomic E-state index is -0.0676. The molecule has 46 heavy (non-hydrogen) atoms. The van der Waals surface area contributed by atoms with Crippen molar-refractivity contribution in [3.05, 3.63) is 82.4 Å². The number of ether oxygens (including phenoxy) is 5. The third-order valence-corrected chi connectivity index (χ3v) is 6.32. The second kappa shape index (κ2) is 22.2. The second-order valence-electron chi connectivity index (χ2n) is 10.0. The number of aromatic nitrogens is 2. The Balaban J connectivity index is 1.24. The van der Waals surface area contributed by atoms with Crippen molar-refractivity contribution in [3.8, 4) is 0 Å². The maximum atomic E-state index is 12.4. The summed E-state index contributed by atoms with van der Waals surface area (Å²) in [6, 6.07) is 19.0. The number of aryl methyl sites for hydroxylation is 1. The van der Waals surface area contributed by atoms with Crippen LogP contribution in [0.1, 0.15) is 11.3 Å². The number of carbonyl (C=O) groups is 1. The van der Waals surface area contributed by atoms with E-state index >= 15 is 0 Å². The van der Waals surface area contributed by atoms with Gasteiger partial charge >= 0.3 is 0 Å². The normalized spacial score (nSPS) is 10.7. The molecule has 0 radical (unpaired) electrons. The van der Waals surface area contributed by atoms with Gasteiger partial charge in [-0.25, -0.2) is 4.98 Å². The van der Waals surface area contributed by atoms with E-state index in [4.69, 9.17) is 29.2 Å². The Hall–Kier alpha value is -4.30. The third kappa shape index (κ3) is 15.6. The summed E-state index contributed by atoms with van der Waals surface area (Å²) < 4.78 is 27.4. The van der Waals surface area contributed by atoms with E-state index in [1.807, 2.05) is 79.5 Å². The average Bonchev–Trinajstić information content (AvgIpc) is 3.05. The summed E-state index contributed by atoms with van der Waals surface area (Å²) in [6.45, 7) is 7.59. The van der Waals surface area contributed by atoms with Crippen molar-refractivity contribution >= 4 is 29.0 Å². The van der Waals surface area contributed by atoms with Gasteiger partial charge < -0.3 is 39.2 Å². The quantitative estimate of drug-likeness (QED) is 0.0617. The van der Waals surface area contributed by atoms with Crippen LogP contribution >= 0.6 is 0 Å². The lowest BCUT2D eigenvalue weighted by Gasteiger charge is -2.19. The molecule has 2 aromatic carbocycles. The van der Waals surface area contributed by atoms with Gasteiger partial charge in [-0.1, -0.05) is 35.4 Å². The monoisotopic (exact) mass is 636 g/mol. The number of carbonyl (C=O) groups excluding carboxylic acids is 1. The summed E-state index contributed by atoms with van der Waals surface area (Å²) in [5.74, 6) is 1.19. The molecule has 0 unspecified atom stereocenters. The van der Waals surface area contributed by atoms with Gasteiger partial charge in [-0.3, -0.25) is 4.79 Å². The second-order valence-corrected chi connectivity index (χ2v) is 10.0.